The number of aliphatic hydroxyl groups is 1. The second kappa shape index (κ2) is 8.17. The van der Waals surface area contributed by atoms with E-state index >= 15 is 0 Å². The molecule has 3 atom stereocenters. The number of hydrogen-bond donors (Lipinski definition) is 1. The van der Waals surface area contributed by atoms with Gasteiger partial charge in [0.2, 0.25) is 0 Å². The highest BCUT2D eigenvalue weighted by Crippen LogP contribution is 2.04. The van der Waals surface area contributed by atoms with Gasteiger partial charge in [0.1, 0.15) is 0 Å². The lowest BCUT2D eigenvalue weighted by molar-refractivity contribution is -0.0313. The molecular formula is C10H22O4. The van der Waals surface area contributed by atoms with Crippen molar-refractivity contribution < 1.29 is 19.3 Å². The molecule has 1 aliphatic heterocycles. The minimum atomic E-state index is -0.0856. The van der Waals surface area contributed by atoms with Crippen LogP contribution in [-0.4, -0.2) is 50.3 Å². The molecule has 1 N–H and O–H groups in total. The summed E-state index contributed by atoms with van der Waals surface area (Å²) in [6, 6.07) is 0. The summed E-state index contributed by atoms with van der Waals surface area (Å²) in [5.41, 5.74) is 0. The van der Waals surface area contributed by atoms with Crippen molar-refractivity contribution in [3.8, 4) is 0 Å². The van der Waals surface area contributed by atoms with Gasteiger partial charge in [0.15, 0.2) is 0 Å². The molecule has 1 heterocycles. The largest absolute Gasteiger partial charge is 0.394 e. The van der Waals surface area contributed by atoms with Crippen LogP contribution in [0.3, 0.4) is 0 Å². The first kappa shape index (κ1) is 13.8. The van der Waals surface area contributed by atoms with Crippen molar-refractivity contribution in [2.24, 2.45) is 0 Å². The Morgan fingerprint density at radius 1 is 1.43 bits per heavy atom. The second-order valence-electron chi connectivity index (χ2n) is 3.52. The molecular weight excluding hydrogens is 184 g/mol. The number of hydrogen-bond acceptors (Lipinski definition) is 4. The minimum Gasteiger partial charge on any atom is -0.394 e. The van der Waals surface area contributed by atoms with Crippen LogP contribution in [0, 0.1) is 0 Å². The molecule has 1 aliphatic rings. The van der Waals surface area contributed by atoms with Gasteiger partial charge in [0.05, 0.1) is 38.1 Å². The zero-order chi connectivity index (χ0) is 11.0. The fraction of sp³-hybridized carbons (Fsp3) is 1.00. The molecule has 0 aromatic heterocycles. The van der Waals surface area contributed by atoms with E-state index in [0.29, 0.717) is 12.7 Å². The van der Waals surface area contributed by atoms with Crippen LogP contribution in [0.25, 0.3) is 0 Å². The van der Waals surface area contributed by atoms with Crippen molar-refractivity contribution in [2.75, 3.05) is 26.9 Å². The molecule has 0 bridgehead atoms. The van der Waals surface area contributed by atoms with Crippen LogP contribution >= 0.6 is 0 Å². The number of ether oxygens (including phenoxy) is 3. The molecule has 1 rings (SSSR count). The molecule has 4 nitrogen and oxygen atoms in total. The van der Waals surface area contributed by atoms with Crippen LogP contribution in [0.1, 0.15) is 20.8 Å². The van der Waals surface area contributed by atoms with Gasteiger partial charge in [-0.05, 0) is 20.8 Å². The molecule has 0 aliphatic carbocycles. The third-order valence-corrected chi connectivity index (χ3v) is 1.77. The Kier molecular flexibility index (Phi) is 8.08. The predicted molar refractivity (Wildman–Crippen MR) is 54.4 cm³/mol. The molecule has 0 radical (unpaired) electrons. The molecule has 1 fully saturated rings. The first-order valence-electron chi connectivity index (χ1n) is 4.97. The minimum absolute atomic E-state index is 0.0659. The fourth-order valence-electron chi connectivity index (χ4n) is 0.517. The summed E-state index contributed by atoms with van der Waals surface area (Å²) in [5.74, 6) is 0. The Labute approximate surface area is 86.2 Å². The van der Waals surface area contributed by atoms with Gasteiger partial charge in [-0.15, -0.1) is 0 Å². The van der Waals surface area contributed by atoms with E-state index in [-0.39, 0.29) is 18.8 Å². The summed E-state index contributed by atoms with van der Waals surface area (Å²) in [6.07, 6.45) is 0.603. The maximum Gasteiger partial charge on any atom is 0.0781 e. The lowest BCUT2D eigenvalue weighted by Crippen LogP contribution is -2.21. The van der Waals surface area contributed by atoms with Gasteiger partial charge in [0, 0.05) is 7.11 Å². The van der Waals surface area contributed by atoms with Gasteiger partial charge in [-0.2, -0.15) is 0 Å². The predicted octanol–water partition coefficient (Wildman–Crippen LogP) is 0.824. The van der Waals surface area contributed by atoms with Crippen molar-refractivity contribution in [3.63, 3.8) is 0 Å². The van der Waals surface area contributed by atoms with Crippen LogP contribution in [0.5, 0.6) is 0 Å². The van der Waals surface area contributed by atoms with Crippen LogP contribution in [0.4, 0.5) is 0 Å². The average Bonchev–Trinajstić information content (AvgIpc) is 2.97. The van der Waals surface area contributed by atoms with Gasteiger partial charge >= 0.3 is 0 Å². The quantitative estimate of drug-likeness (QED) is 0.677. The van der Waals surface area contributed by atoms with E-state index in [2.05, 4.69) is 6.92 Å². The molecule has 1 saturated heterocycles. The topological polar surface area (TPSA) is 51.2 Å². The Balaban J connectivity index is 0.000000344. The summed E-state index contributed by atoms with van der Waals surface area (Å²) < 4.78 is 14.8. The molecule has 0 saturated carbocycles. The maximum atomic E-state index is 8.55. The molecule has 4 heteroatoms. The summed E-state index contributed by atoms with van der Waals surface area (Å²) >= 11 is 0. The second-order valence-corrected chi connectivity index (χ2v) is 3.52. The third-order valence-electron chi connectivity index (χ3n) is 1.77. The molecule has 0 aromatic carbocycles. The van der Waals surface area contributed by atoms with E-state index in [0.717, 1.165) is 6.61 Å². The SMILES string of the molecule is CC1CO1.COC(C)COC(C)CO. The number of rotatable bonds is 5. The standard InChI is InChI=1S/C7H16O3.C3H6O/c1-6(4-8)10-5-7(2)9-3;1-3-2-4-3/h6-8H,4-5H2,1-3H3;3H,2H2,1H3. The fourth-order valence-corrected chi connectivity index (χ4v) is 0.517. The lowest BCUT2D eigenvalue weighted by atomic mass is 10.4. The average molecular weight is 206 g/mol. The highest BCUT2D eigenvalue weighted by molar-refractivity contribution is 4.58. The van der Waals surface area contributed by atoms with Crippen molar-refractivity contribution in [3.05, 3.63) is 0 Å². The molecule has 86 valence electrons. The van der Waals surface area contributed by atoms with E-state index in [9.17, 15) is 0 Å². The lowest BCUT2D eigenvalue weighted by Gasteiger charge is -2.13. The third kappa shape index (κ3) is 9.92. The van der Waals surface area contributed by atoms with Crippen molar-refractivity contribution >= 4 is 0 Å². The summed E-state index contributed by atoms with van der Waals surface area (Å²) in [4.78, 5) is 0. The van der Waals surface area contributed by atoms with E-state index in [1.54, 1.807) is 7.11 Å². The van der Waals surface area contributed by atoms with Crippen LogP contribution < -0.4 is 0 Å². The molecule has 0 amide bonds. The Bertz CT molecular complexity index is 115. The maximum absolute atomic E-state index is 8.55. The molecule has 0 spiro atoms. The van der Waals surface area contributed by atoms with Crippen molar-refractivity contribution in [2.45, 2.75) is 39.1 Å². The van der Waals surface area contributed by atoms with Gasteiger partial charge in [0.25, 0.3) is 0 Å². The van der Waals surface area contributed by atoms with Crippen molar-refractivity contribution in [1.82, 2.24) is 0 Å². The normalized spacial score (nSPS) is 23.4. The van der Waals surface area contributed by atoms with Crippen LogP contribution in [0.15, 0.2) is 0 Å². The van der Waals surface area contributed by atoms with E-state index in [4.69, 9.17) is 19.3 Å². The summed E-state index contributed by atoms with van der Waals surface area (Å²) in [6.45, 7) is 7.39. The number of epoxide rings is 1. The highest BCUT2D eigenvalue weighted by Gasteiger charge is 2.13. The van der Waals surface area contributed by atoms with Crippen LogP contribution in [0.2, 0.25) is 0 Å². The van der Waals surface area contributed by atoms with Gasteiger partial charge < -0.3 is 19.3 Å². The Hall–Kier alpha value is -0.160. The van der Waals surface area contributed by atoms with E-state index in [1.165, 1.54) is 0 Å². The Morgan fingerprint density at radius 3 is 2.21 bits per heavy atom. The zero-order valence-electron chi connectivity index (χ0n) is 9.53. The Morgan fingerprint density at radius 2 is 1.93 bits per heavy atom. The zero-order valence-corrected chi connectivity index (χ0v) is 9.53. The van der Waals surface area contributed by atoms with Crippen LogP contribution in [-0.2, 0) is 14.2 Å². The summed E-state index contributed by atoms with van der Waals surface area (Å²) in [7, 11) is 1.64. The first-order valence-corrected chi connectivity index (χ1v) is 4.97. The van der Waals surface area contributed by atoms with E-state index < -0.39 is 0 Å². The monoisotopic (exact) mass is 206 g/mol. The molecule has 0 aromatic rings. The number of methoxy groups -OCH3 is 1. The molecule has 3 unspecified atom stereocenters. The summed E-state index contributed by atoms with van der Waals surface area (Å²) in [5, 5.41) is 8.55. The first-order chi connectivity index (χ1) is 6.60. The van der Waals surface area contributed by atoms with Gasteiger partial charge in [-0.3, -0.25) is 0 Å². The molecule has 14 heavy (non-hydrogen) atoms. The van der Waals surface area contributed by atoms with Gasteiger partial charge in [-0.25, -0.2) is 0 Å². The van der Waals surface area contributed by atoms with Gasteiger partial charge in [-0.1, -0.05) is 0 Å². The van der Waals surface area contributed by atoms with E-state index in [1.807, 2.05) is 13.8 Å². The number of aliphatic hydroxyl groups excluding tert-OH is 1. The smallest absolute Gasteiger partial charge is 0.0781 e. The highest BCUT2D eigenvalue weighted by atomic mass is 16.6. The van der Waals surface area contributed by atoms with Crippen molar-refractivity contribution in [1.29, 1.82) is 0 Å².